The van der Waals surface area contributed by atoms with Crippen LogP contribution in [-0.4, -0.2) is 46.2 Å². The highest BCUT2D eigenvalue weighted by Crippen LogP contribution is 2.24. The molecule has 0 atom stereocenters. The molecular weight excluding hydrogens is 443 g/mol. The fourth-order valence-electron chi connectivity index (χ4n) is 3.41. The Bertz CT molecular complexity index is 1250. The number of benzene rings is 2. The highest BCUT2D eigenvalue weighted by Gasteiger charge is 2.19. The summed E-state index contributed by atoms with van der Waals surface area (Å²) in [6, 6.07) is 11.9. The number of Topliss-reactive ketones (excluding diaryl/α,β-unsaturated/α-hetero) is 1. The van der Waals surface area contributed by atoms with Crippen molar-refractivity contribution in [3.8, 4) is 22.8 Å². The third kappa shape index (κ3) is 5.68. The van der Waals surface area contributed by atoms with Gasteiger partial charge in [0.25, 0.3) is 11.5 Å². The monoisotopic (exact) mass is 468 g/mol. The lowest BCUT2D eigenvalue weighted by Crippen LogP contribution is -2.29. The lowest BCUT2D eigenvalue weighted by molar-refractivity contribution is 0.0902. The standard InChI is InChI=1S/C25H25FN2O6/c1-15-10-17(12-18(26)11-15)21-13-20(23(31)25(33)28(21)2)24(32)27-8-3-9-34-19-6-4-16(5-7-19)22(30)14-29/h4-7,10-13,29,31H,3,8-9,14H2,1-2H3,(H,27,32). The van der Waals surface area contributed by atoms with Gasteiger partial charge in [-0.25, -0.2) is 4.39 Å². The van der Waals surface area contributed by atoms with Gasteiger partial charge >= 0.3 is 0 Å². The zero-order valence-corrected chi connectivity index (χ0v) is 18.8. The summed E-state index contributed by atoms with van der Waals surface area (Å²) in [4.78, 5) is 36.5. The van der Waals surface area contributed by atoms with Crippen LogP contribution >= 0.6 is 0 Å². The highest BCUT2D eigenvalue weighted by atomic mass is 19.1. The second-order valence-corrected chi connectivity index (χ2v) is 7.74. The third-order valence-electron chi connectivity index (χ3n) is 5.18. The van der Waals surface area contributed by atoms with Crippen molar-refractivity contribution in [3.05, 3.63) is 81.4 Å². The number of aromatic nitrogens is 1. The Morgan fingerprint density at radius 2 is 1.82 bits per heavy atom. The number of carbonyl (C=O) groups is 2. The molecule has 1 amide bonds. The number of hydrogen-bond donors (Lipinski definition) is 3. The Kier molecular flexibility index (Phi) is 7.80. The van der Waals surface area contributed by atoms with E-state index in [1.807, 2.05) is 0 Å². The van der Waals surface area contributed by atoms with E-state index >= 15 is 0 Å². The molecule has 0 bridgehead atoms. The van der Waals surface area contributed by atoms with Crippen molar-refractivity contribution in [2.24, 2.45) is 7.05 Å². The van der Waals surface area contributed by atoms with E-state index in [9.17, 15) is 23.9 Å². The van der Waals surface area contributed by atoms with E-state index in [2.05, 4.69) is 5.32 Å². The number of amides is 1. The fourth-order valence-corrected chi connectivity index (χ4v) is 3.41. The van der Waals surface area contributed by atoms with Gasteiger partial charge in [-0.3, -0.25) is 14.4 Å². The van der Waals surface area contributed by atoms with Gasteiger partial charge in [0.15, 0.2) is 11.5 Å². The van der Waals surface area contributed by atoms with Crippen molar-refractivity contribution in [3.63, 3.8) is 0 Å². The van der Waals surface area contributed by atoms with Gasteiger partial charge in [-0.2, -0.15) is 0 Å². The van der Waals surface area contributed by atoms with Gasteiger partial charge in [0.05, 0.1) is 17.9 Å². The van der Waals surface area contributed by atoms with Crippen LogP contribution in [0.5, 0.6) is 11.5 Å². The van der Waals surface area contributed by atoms with E-state index in [0.717, 1.165) is 4.57 Å². The predicted octanol–water partition coefficient (Wildman–Crippen LogP) is 2.58. The molecule has 34 heavy (non-hydrogen) atoms. The smallest absolute Gasteiger partial charge is 0.293 e. The number of carbonyl (C=O) groups excluding carboxylic acids is 2. The van der Waals surface area contributed by atoms with Crippen LogP contribution in [0.25, 0.3) is 11.3 Å². The minimum Gasteiger partial charge on any atom is -0.502 e. The van der Waals surface area contributed by atoms with Crippen LogP contribution in [0.15, 0.2) is 53.3 Å². The van der Waals surface area contributed by atoms with Crippen LogP contribution in [0.4, 0.5) is 4.39 Å². The quantitative estimate of drug-likeness (QED) is 0.328. The Morgan fingerprint density at radius 1 is 1.12 bits per heavy atom. The molecule has 0 unspecified atom stereocenters. The Morgan fingerprint density at radius 3 is 2.47 bits per heavy atom. The van der Waals surface area contributed by atoms with Gasteiger partial charge < -0.3 is 24.8 Å². The number of aliphatic hydroxyl groups is 1. The predicted molar refractivity (Wildman–Crippen MR) is 124 cm³/mol. The zero-order chi connectivity index (χ0) is 24.8. The summed E-state index contributed by atoms with van der Waals surface area (Å²) >= 11 is 0. The summed E-state index contributed by atoms with van der Waals surface area (Å²) in [6.45, 7) is 1.63. The third-order valence-corrected chi connectivity index (χ3v) is 5.18. The zero-order valence-electron chi connectivity index (χ0n) is 18.8. The normalized spacial score (nSPS) is 10.7. The molecule has 0 aliphatic heterocycles. The van der Waals surface area contributed by atoms with Crippen LogP contribution in [0.3, 0.4) is 0 Å². The van der Waals surface area contributed by atoms with Crippen LogP contribution in [-0.2, 0) is 7.05 Å². The van der Waals surface area contributed by atoms with Crippen molar-refractivity contribution < 1.29 is 28.9 Å². The molecule has 3 N–H and O–H groups in total. The summed E-state index contributed by atoms with van der Waals surface area (Å²) in [5.74, 6) is -1.66. The molecular formula is C25H25FN2O6. The van der Waals surface area contributed by atoms with Crippen molar-refractivity contribution in [1.29, 1.82) is 0 Å². The number of ether oxygens (including phenoxy) is 1. The number of nitrogens with one attached hydrogen (secondary N) is 1. The van der Waals surface area contributed by atoms with Crippen LogP contribution in [0.2, 0.25) is 0 Å². The number of pyridine rings is 1. The van der Waals surface area contributed by atoms with Gasteiger partial charge in [0.2, 0.25) is 0 Å². The van der Waals surface area contributed by atoms with Crippen LogP contribution in [0, 0.1) is 12.7 Å². The first-order valence-corrected chi connectivity index (χ1v) is 10.6. The SMILES string of the molecule is Cc1cc(F)cc(-c2cc(C(=O)NCCCOc3ccc(C(=O)CO)cc3)c(O)c(=O)n2C)c1. The van der Waals surface area contributed by atoms with Crippen LogP contribution in [0.1, 0.15) is 32.7 Å². The fraction of sp³-hybridized carbons (Fsp3) is 0.240. The first kappa shape index (κ1) is 24.7. The molecule has 1 aromatic heterocycles. The molecule has 0 fully saturated rings. The molecule has 1 heterocycles. The second kappa shape index (κ2) is 10.8. The summed E-state index contributed by atoms with van der Waals surface area (Å²) < 4.78 is 20.6. The minimum atomic E-state index is -0.768. The molecule has 8 nitrogen and oxygen atoms in total. The molecule has 0 saturated carbocycles. The lowest BCUT2D eigenvalue weighted by atomic mass is 10.0. The van der Waals surface area contributed by atoms with E-state index < -0.39 is 29.6 Å². The van der Waals surface area contributed by atoms with Gasteiger partial charge in [-0.1, -0.05) is 0 Å². The highest BCUT2D eigenvalue weighted by molar-refractivity contribution is 5.98. The van der Waals surface area contributed by atoms with Crippen molar-refractivity contribution >= 4 is 11.7 Å². The van der Waals surface area contributed by atoms with E-state index in [1.165, 1.54) is 25.2 Å². The van der Waals surface area contributed by atoms with Crippen molar-refractivity contribution in [1.82, 2.24) is 9.88 Å². The van der Waals surface area contributed by atoms with Crippen molar-refractivity contribution in [2.75, 3.05) is 19.8 Å². The van der Waals surface area contributed by atoms with Crippen molar-refractivity contribution in [2.45, 2.75) is 13.3 Å². The van der Waals surface area contributed by atoms with E-state index in [1.54, 1.807) is 37.3 Å². The Hall–Kier alpha value is -3.98. The minimum absolute atomic E-state index is 0.204. The van der Waals surface area contributed by atoms with Crippen LogP contribution < -0.4 is 15.6 Å². The molecule has 2 aromatic carbocycles. The largest absolute Gasteiger partial charge is 0.502 e. The van der Waals surface area contributed by atoms with Gasteiger partial charge in [-0.15, -0.1) is 0 Å². The number of aromatic hydroxyl groups is 1. The van der Waals surface area contributed by atoms with Gasteiger partial charge in [-0.05, 0) is 67.4 Å². The summed E-state index contributed by atoms with van der Waals surface area (Å²) in [6.07, 6.45) is 0.435. The first-order chi connectivity index (χ1) is 16.2. The molecule has 3 rings (SSSR count). The lowest BCUT2D eigenvalue weighted by Gasteiger charge is -2.14. The first-order valence-electron chi connectivity index (χ1n) is 10.6. The summed E-state index contributed by atoms with van der Waals surface area (Å²) in [7, 11) is 1.43. The summed E-state index contributed by atoms with van der Waals surface area (Å²) in [5, 5.41) is 21.7. The van der Waals surface area contributed by atoms with Gasteiger partial charge in [0.1, 0.15) is 18.2 Å². The molecule has 3 aromatic rings. The number of rotatable bonds is 9. The molecule has 0 saturated heterocycles. The number of nitrogens with zero attached hydrogens (tertiary/aromatic N) is 1. The average molecular weight is 468 g/mol. The molecule has 0 aliphatic carbocycles. The van der Waals surface area contributed by atoms with E-state index in [0.29, 0.717) is 34.6 Å². The Labute approximate surface area is 195 Å². The molecule has 0 aliphatic rings. The van der Waals surface area contributed by atoms with E-state index in [4.69, 9.17) is 9.84 Å². The molecule has 9 heteroatoms. The number of hydrogen-bond acceptors (Lipinski definition) is 6. The molecule has 0 radical (unpaired) electrons. The molecule has 178 valence electrons. The average Bonchev–Trinajstić information content (AvgIpc) is 2.81. The van der Waals surface area contributed by atoms with E-state index in [-0.39, 0.29) is 24.5 Å². The number of halogens is 1. The number of aliphatic hydroxyl groups excluding tert-OH is 1. The second-order valence-electron chi connectivity index (χ2n) is 7.74. The maximum absolute atomic E-state index is 13.9. The number of ketones is 1. The number of aryl methyl sites for hydroxylation is 1. The summed E-state index contributed by atoms with van der Waals surface area (Å²) in [5.41, 5.74) is 0.759. The maximum atomic E-state index is 13.9. The maximum Gasteiger partial charge on any atom is 0.293 e. The Balaban J connectivity index is 1.63. The topological polar surface area (TPSA) is 118 Å². The molecule has 0 spiro atoms. The van der Waals surface area contributed by atoms with Gasteiger partial charge in [0, 0.05) is 24.7 Å².